The number of rotatable bonds is 5. The van der Waals surface area contributed by atoms with Crippen molar-refractivity contribution < 1.29 is 27.5 Å². The van der Waals surface area contributed by atoms with Crippen LogP contribution in [0.5, 0.6) is 0 Å². The fourth-order valence-electron chi connectivity index (χ4n) is 2.15. The number of amides is 3. The van der Waals surface area contributed by atoms with E-state index in [1.54, 1.807) is 19.1 Å². The first-order chi connectivity index (χ1) is 12.7. The Morgan fingerprint density at radius 2 is 1.59 bits per heavy atom. The van der Waals surface area contributed by atoms with Crippen molar-refractivity contribution in [3.63, 3.8) is 0 Å². The van der Waals surface area contributed by atoms with E-state index in [1.807, 2.05) is 0 Å². The summed E-state index contributed by atoms with van der Waals surface area (Å²) < 4.78 is 43.8. The molecule has 0 fully saturated rings. The second kappa shape index (κ2) is 8.54. The second-order valence-corrected chi connectivity index (χ2v) is 5.57. The maximum absolute atomic E-state index is 13.0. The van der Waals surface area contributed by atoms with Crippen molar-refractivity contribution in [3.05, 3.63) is 54.1 Å². The summed E-state index contributed by atoms with van der Waals surface area (Å²) in [7, 11) is 1.39. The molecular formula is C18H18F3N3O3. The van der Waals surface area contributed by atoms with E-state index in [4.69, 9.17) is 4.74 Å². The fourth-order valence-corrected chi connectivity index (χ4v) is 2.15. The highest BCUT2D eigenvalue weighted by molar-refractivity contribution is 6.01. The third-order valence-corrected chi connectivity index (χ3v) is 3.59. The minimum absolute atomic E-state index is 0.292. The van der Waals surface area contributed by atoms with Gasteiger partial charge in [0.25, 0.3) is 5.91 Å². The minimum atomic E-state index is -4.59. The molecule has 9 heteroatoms. The van der Waals surface area contributed by atoms with E-state index < -0.39 is 23.9 Å². The van der Waals surface area contributed by atoms with Gasteiger partial charge in [-0.25, -0.2) is 4.79 Å². The van der Waals surface area contributed by atoms with Crippen LogP contribution in [0, 0.1) is 0 Å². The molecule has 1 atom stereocenters. The maximum atomic E-state index is 13.0. The third kappa shape index (κ3) is 5.71. The predicted octanol–water partition coefficient (Wildman–Crippen LogP) is 4.32. The number of hydrogen-bond donors (Lipinski definition) is 3. The molecule has 6 nitrogen and oxygen atoms in total. The SMILES string of the molecule is COC(C)C(=O)Nc1cccc(NC(=O)Nc2ccccc2C(F)(F)F)c1. The van der Waals surface area contributed by atoms with E-state index in [1.165, 1.54) is 31.4 Å². The van der Waals surface area contributed by atoms with Crippen LogP contribution in [0.3, 0.4) is 0 Å². The molecule has 0 aliphatic rings. The lowest BCUT2D eigenvalue weighted by atomic mass is 10.1. The highest BCUT2D eigenvalue weighted by atomic mass is 19.4. The summed E-state index contributed by atoms with van der Waals surface area (Å²) >= 11 is 0. The van der Waals surface area contributed by atoms with E-state index in [9.17, 15) is 22.8 Å². The van der Waals surface area contributed by atoms with Crippen LogP contribution in [0.15, 0.2) is 48.5 Å². The highest BCUT2D eigenvalue weighted by Crippen LogP contribution is 2.34. The minimum Gasteiger partial charge on any atom is -0.372 e. The van der Waals surface area contributed by atoms with Crippen LogP contribution in [0.25, 0.3) is 0 Å². The number of hydrogen-bond acceptors (Lipinski definition) is 3. The van der Waals surface area contributed by atoms with Gasteiger partial charge in [0.15, 0.2) is 0 Å². The summed E-state index contributed by atoms with van der Waals surface area (Å²) in [6.07, 6.45) is -5.25. The molecule has 2 aromatic rings. The predicted molar refractivity (Wildman–Crippen MR) is 95.6 cm³/mol. The zero-order valence-corrected chi connectivity index (χ0v) is 14.6. The molecule has 0 aliphatic heterocycles. The topological polar surface area (TPSA) is 79.5 Å². The number of anilines is 3. The molecule has 144 valence electrons. The number of nitrogens with one attached hydrogen (secondary N) is 3. The van der Waals surface area contributed by atoms with E-state index in [0.717, 1.165) is 12.1 Å². The van der Waals surface area contributed by atoms with Crippen LogP contribution < -0.4 is 16.0 Å². The first kappa shape index (κ1) is 20.2. The molecule has 3 amide bonds. The number of carbonyl (C=O) groups excluding carboxylic acids is 2. The van der Waals surface area contributed by atoms with Gasteiger partial charge in [-0.1, -0.05) is 18.2 Å². The first-order valence-corrected chi connectivity index (χ1v) is 7.88. The lowest BCUT2D eigenvalue weighted by Gasteiger charge is -2.14. The molecule has 0 bridgehead atoms. The Morgan fingerprint density at radius 1 is 0.963 bits per heavy atom. The average molecular weight is 381 g/mol. The number of urea groups is 1. The van der Waals surface area contributed by atoms with Crippen molar-refractivity contribution in [2.45, 2.75) is 19.2 Å². The molecule has 0 radical (unpaired) electrons. The van der Waals surface area contributed by atoms with Gasteiger partial charge in [-0.05, 0) is 37.3 Å². The number of benzene rings is 2. The van der Waals surface area contributed by atoms with Crippen molar-refractivity contribution >= 4 is 29.0 Å². The van der Waals surface area contributed by atoms with Gasteiger partial charge in [-0.3, -0.25) is 4.79 Å². The van der Waals surface area contributed by atoms with Gasteiger partial charge in [0.1, 0.15) is 6.10 Å². The van der Waals surface area contributed by atoms with Gasteiger partial charge in [0.2, 0.25) is 0 Å². The zero-order valence-electron chi connectivity index (χ0n) is 14.6. The Kier molecular flexibility index (Phi) is 6.40. The highest BCUT2D eigenvalue weighted by Gasteiger charge is 2.33. The van der Waals surface area contributed by atoms with Gasteiger partial charge in [0.05, 0.1) is 11.3 Å². The van der Waals surface area contributed by atoms with Gasteiger partial charge >= 0.3 is 12.2 Å². The molecule has 3 N–H and O–H groups in total. The molecule has 0 spiro atoms. The van der Waals surface area contributed by atoms with Crippen molar-refractivity contribution in [1.29, 1.82) is 0 Å². The molecule has 1 unspecified atom stereocenters. The Hall–Kier alpha value is -3.07. The molecular weight excluding hydrogens is 363 g/mol. The lowest BCUT2D eigenvalue weighted by molar-refractivity contribution is -0.137. The molecule has 0 saturated heterocycles. The Balaban J connectivity index is 2.07. The Labute approximate surface area is 153 Å². The Bertz CT molecular complexity index is 825. The van der Waals surface area contributed by atoms with E-state index in [2.05, 4.69) is 16.0 Å². The third-order valence-electron chi connectivity index (χ3n) is 3.59. The van der Waals surface area contributed by atoms with Gasteiger partial charge in [-0.15, -0.1) is 0 Å². The number of ether oxygens (including phenoxy) is 1. The fraction of sp³-hybridized carbons (Fsp3) is 0.222. The van der Waals surface area contributed by atoms with Crippen LogP contribution in [-0.4, -0.2) is 25.2 Å². The molecule has 0 heterocycles. The summed E-state index contributed by atoms with van der Waals surface area (Å²) in [5, 5.41) is 7.20. The van der Waals surface area contributed by atoms with Gasteiger partial charge in [-0.2, -0.15) is 13.2 Å². The monoisotopic (exact) mass is 381 g/mol. The van der Waals surface area contributed by atoms with Crippen molar-refractivity contribution in [2.24, 2.45) is 0 Å². The maximum Gasteiger partial charge on any atom is 0.418 e. The van der Waals surface area contributed by atoms with Crippen LogP contribution in [0.2, 0.25) is 0 Å². The summed E-state index contributed by atoms with van der Waals surface area (Å²) in [5.74, 6) is -0.377. The van der Waals surface area contributed by atoms with Crippen molar-refractivity contribution in [2.75, 3.05) is 23.1 Å². The van der Waals surface area contributed by atoms with Crippen molar-refractivity contribution in [3.8, 4) is 0 Å². The van der Waals surface area contributed by atoms with Crippen LogP contribution in [0.1, 0.15) is 12.5 Å². The normalized spacial score (nSPS) is 12.2. The number of alkyl halides is 3. The molecule has 27 heavy (non-hydrogen) atoms. The molecule has 0 aliphatic carbocycles. The van der Waals surface area contributed by atoms with E-state index >= 15 is 0 Å². The standard InChI is InChI=1S/C18H18F3N3O3/c1-11(27-2)16(25)22-12-6-5-7-13(10-12)23-17(26)24-15-9-4-3-8-14(15)18(19,20)21/h3-11H,1-2H3,(H,22,25)(H2,23,24,26). The Morgan fingerprint density at radius 3 is 2.22 bits per heavy atom. The van der Waals surface area contributed by atoms with Crippen LogP contribution in [0.4, 0.5) is 35.0 Å². The summed E-state index contributed by atoms with van der Waals surface area (Å²) in [6.45, 7) is 1.57. The molecule has 2 aromatic carbocycles. The summed E-state index contributed by atoms with van der Waals surface area (Å²) in [5.41, 5.74) is -0.618. The number of methoxy groups -OCH3 is 1. The van der Waals surface area contributed by atoms with Gasteiger partial charge < -0.3 is 20.7 Å². The molecule has 0 aromatic heterocycles. The molecule has 2 rings (SSSR count). The average Bonchev–Trinajstić information content (AvgIpc) is 2.60. The first-order valence-electron chi connectivity index (χ1n) is 7.88. The van der Waals surface area contributed by atoms with Crippen molar-refractivity contribution in [1.82, 2.24) is 0 Å². The molecule has 0 saturated carbocycles. The number of para-hydroxylation sites is 1. The summed E-state index contributed by atoms with van der Waals surface area (Å²) in [6, 6.07) is 9.99. The van der Waals surface area contributed by atoms with E-state index in [-0.39, 0.29) is 11.6 Å². The van der Waals surface area contributed by atoms with E-state index in [0.29, 0.717) is 11.4 Å². The zero-order chi connectivity index (χ0) is 20.0. The smallest absolute Gasteiger partial charge is 0.372 e. The van der Waals surface area contributed by atoms with Crippen LogP contribution >= 0.6 is 0 Å². The van der Waals surface area contributed by atoms with Crippen LogP contribution in [-0.2, 0) is 15.7 Å². The van der Waals surface area contributed by atoms with Gasteiger partial charge in [0, 0.05) is 18.5 Å². The quantitative estimate of drug-likeness (QED) is 0.722. The lowest BCUT2D eigenvalue weighted by Crippen LogP contribution is -2.26. The summed E-state index contributed by atoms with van der Waals surface area (Å²) in [4.78, 5) is 23.9. The number of carbonyl (C=O) groups is 2. The number of halogens is 3. The largest absolute Gasteiger partial charge is 0.418 e. The second-order valence-electron chi connectivity index (χ2n) is 5.57.